The van der Waals surface area contributed by atoms with Crippen molar-refractivity contribution >= 4 is 23.2 Å². The second-order valence-electron chi connectivity index (χ2n) is 11.5. The van der Waals surface area contributed by atoms with Crippen LogP contribution in [0.4, 0.5) is 11.4 Å². The molecule has 0 unspecified atom stereocenters. The zero-order valence-electron chi connectivity index (χ0n) is 32.2. The molecule has 0 aliphatic heterocycles. The first-order valence-corrected chi connectivity index (χ1v) is 17.3. The molecule has 304 valence electrons. The molecule has 0 atom stereocenters. The van der Waals surface area contributed by atoms with E-state index in [1.165, 1.54) is 0 Å². The maximum Gasteiger partial charge on any atom is 0.233 e. The number of nitrogens with one attached hydrogen (secondary N) is 2. The van der Waals surface area contributed by atoms with Crippen LogP contribution in [0.2, 0.25) is 0 Å². The molecule has 16 nitrogen and oxygen atoms in total. The summed E-state index contributed by atoms with van der Waals surface area (Å²) in [6.07, 6.45) is -0.551. The summed E-state index contributed by atoms with van der Waals surface area (Å²) in [6, 6.07) is 9.75. The SMILES string of the molecule is C=C(C)OCOCCOc1ccc(OCCOCOC(=C)C)c(NC(=O)CC(=O)Nc2cc(OCCOCOC(=C)C)ccc2OCCOCOC(=C)C)c1. The van der Waals surface area contributed by atoms with Gasteiger partial charge in [0.2, 0.25) is 11.8 Å². The van der Waals surface area contributed by atoms with Crippen molar-refractivity contribution in [3.63, 3.8) is 0 Å². The zero-order valence-corrected chi connectivity index (χ0v) is 32.2. The van der Waals surface area contributed by atoms with E-state index in [4.69, 9.17) is 56.8 Å². The number of ether oxygens (including phenoxy) is 12. The van der Waals surface area contributed by atoms with Crippen molar-refractivity contribution in [2.75, 3.05) is 90.7 Å². The van der Waals surface area contributed by atoms with Crippen LogP contribution in [-0.4, -0.2) is 91.8 Å². The fourth-order valence-corrected chi connectivity index (χ4v) is 3.84. The summed E-state index contributed by atoms with van der Waals surface area (Å²) in [7, 11) is 0. The predicted octanol–water partition coefficient (Wildman–Crippen LogP) is 6.27. The van der Waals surface area contributed by atoms with Gasteiger partial charge in [0, 0.05) is 12.1 Å². The Morgan fingerprint density at radius 2 is 0.782 bits per heavy atom. The lowest BCUT2D eigenvalue weighted by molar-refractivity contribution is -0.123. The summed E-state index contributed by atoms with van der Waals surface area (Å²) in [5, 5.41) is 5.47. The number of benzene rings is 2. The van der Waals surface area contributed by atoms with E-state index in [-0.39, 0.29) is 91.4 Å². The van der Waals surface area contributed by atoms with Crippen LogP contribution in [-0.2, 0) is 47.5 Å². The van der Waals surface area contributed by atoms with Crippen molar-refractivity contribution in [2.45, 2.75) is 34.1 Å². The molecular formula is C39H54N2O14. The van der Waals surface area contributed by atoms with E-state index < -0.39 is 18.2 Å². The van der Waals surface area contributed by atoms with E-state index in [0.29, 0.717) is 46.0 Å². The highest BCUT2D eigenvalue weighted by atomic mass is 16.7. The van der Waals surface area contributed by atoms with Gasteiger partial charge in [-0.1, -0.05) is 26.3 Å². The number of hydrogen-bond donors (Lipinski definition) is 2. The highest BCUT2D eigenvalue weighted by Crippen LogP contribution is 2.31. The lowest BCUT2D eigenvalue weighted by Gasteiger charge is -2.16. The molecule has 0 heterocycles. The summed E-state index contributed by atoms with van der Waals surface area (Å²) >= 11 is 0. The van der Waals surface area contributed by atoms with Gasteiger partial charge in [0.1, 0.15) is 55.8 Å². The monoisotopic (exact) mass is 774 g/mol. The molecule has 2 aromatic carbocycles. The molecule has 0 aromatic heterocycles. The molecule has 0 spiro atoms. The molecule has 0 aliphatic carbocycles. The Balaban J connectivity index is 2.08. The van der Waals surface area contributed by atoms with Gasteiger partial charge in [-0.05, 0) is 52.0 Å². The second-order valence-corrected chi connectivity index (χ2v) is 11.5. The molecule has 2 aromatic rings. The van der Waals surface area contributed by atoms with Crippen LogP contribution in [0.5, 0.6) is 23.0 Å². The highest BCUT2D eigenvalue weighted by molar-refractivity contribution is 6.09. The molecule has 2 amide bonds. The van der Waals surface area contributed by atoms with Crippen molar-refractivity contribution in [3.05, 3.63) is 85.8 Å². The quantitative estimate of drug-likeness (QED) is 0.0369. The Morgan fingerprint density at radius 1 is 0.473 bits per heavy atom. The van der Waals surface area contributed by atoms with Gasteiger partial charge in [-0.3, -0.25) is 9.59 Å². The number of rotatable bonds is 32. The van der Waals surface area contributed by atoms with Crippen LogP contribution in [0.15, 0.2) is 85.8 Å². The maximum atomic E-state index is 13.2. The van der Waals surface area contributed by atoms with E-state index in [1.807, 2.05) is 0 Å². The third-order valence-electron chi connectivity index (χ3n) is 6.29. The van der Waals surface area contributed by atoms with Crippen LogP contribution < -0.4 is 29.6 Å². The van der Waals surface area contributed by atoms with Crippen LogP contribution >= 0.6 is 0 Å². The van der Waals surface area contributed by atoms with Gasteiger partial charge >= 0.3 is 0 Å². The van der Waals surface area contributed by atoms with Crippen molar-refractivity contribution < 1.29 is 66.4 Å². The molecule has 0 saturated carbocycles. The molecule has 0 radical (unpaired) electrons. The van der Waals surface area contributed by atoms with E-state index in [9.17, 15) is 9.59 Å². The summed E-state index contributed by atoms with van der Waals surface area (Å²) in [5.41, 5.74) is 0.539. The molecular weight excluding hydrogens is 720 g/mol. The number of carbonyl (C=O) groups excluding carboxylic acids is 2. The number of carbonyl (C=O) groups is 2. The normalized spacial score (nSPS) is 10.4. The maximum absolute atomic E-state index is 13.2. The van der Waals surface area contributed by atoms with Gasteiger partial charge in [-0.15, -0.1) is 0 Å². The van der Waals surface area contributed by atoms with E-state index in [0.717, 1.165) is 0 Å². The van der Waals surface area contributed by atoms with Gasteiger partial charge < -0.3 is 67.5 Å². The van der Waals surface area contributed by atoms with E-state index >= 15 is 0 Å². The first-order valence-electron chi connectivity index (χ1n) is 17.3. The minimum absolute atomic E-state index is 0.0172. The van der Waals surface area contributed by atoms with E-state index in [1.54, 1.807) is 64.1 Å². The Hall–Kier alpha value is -5.42. The summed E-state index contributed by atoms with van der Waals surface area (Å²) < 4.78 is 65.4. The second kappa shape index (κ2) is 27.2. The molecule has 0 bridgehead atoms. The molecule has 0 aliphatic rings. The third-order valence-corrected chi connectivity index (χ3v) is 6.29. The number of hydrogen-bond acceptors (Lipinski definition) is 14. The molecule has 0 saturated heterocycles. The standard InChI is InChI=1S/C39H54N2O14/c1-28(2)52-24-44-13-17-48-32-9-11-36(50-19-15-46-26-54-30(5)6)34(21-32)40-38(42)23-39(43)41-35-22-33(49-18-14-45-25-53-29(3)4)10-12-37(35)51-20-16-47-27-55-31(7)8/h9-12,21-22H,1,3,5,7,13-20,23-27H2,2,4,6,8H3,(H,40,42)(H,41,43). The van der Waals surface area contributed by atoms with Crippen molar-refractivity contribution in [2.24, 2.45) is 0 Å². The third kappa shape index (κ3) is 22.4. The van der Waals surface area contributed by atoms with Gasteiger partial charge in [0.15, 0.2) is 27.2 Å². The average Bonchev–Trinajstić information content (AvgIpc) is 3.11. The minimum Gasteiger partial charge on any atom is -0.491 e. The van der Waals surface area contributed by atoms with Crippen LogP contribution in [0, 0.1) is 0 Å². The van der Waals surface area contributed by atoms with Crippen LogP contribution in [0.25, 0.3) is 0 Å². The highest BCUT2D eigenvalue weighted by Gasteiger charge is 2.17. The fourth-order valence-electron chi connectivity index (χ4n) is 3.84. The Labute approximate surface area is 322 Å². The molecule has 2 N–H and O–H groups in total. The topological polar surface area (TPSA) is 169 Å². The summed E-state index contributed by atoms with van der Waals surface area (Å²) in [6.45, 7) is 23.1. The van der Waals surface area contributed by atoms with Crippen molar-refractivity contribution in [3.8, 4) is 23.0 Å². The van der Waals surface area contributed by atoms with Gasteiger partial charge in [0.05, 0.1) is 60.8 Å². The zero-order chi connectivity index (χ0) is 40.3. The molecule has 2 rings (SSSR count). The van der Waals surface area contributed by atoms with Gasteiger partial charge in [0.25, 0.3) is 0 Å². The molecule has 55 heavy (non-hydrogen) atoms. The Bertz CT molecular complexity index is 1420. The van der Waals surface area contributed by atoms with Crippen LogP contribution in [0.1, 0.15) is 34.1 Å². The summed E-state index contributed by atoms with van der Waals surface area (Å²) in [5.74, 6) is 2.34. The molecule has 16 heteroatoms. The Kier molecular flexibility index (Phi) is 22.6. The van der Waals surface area contributed by atoms with Gasteiger partial charge in [-0.25, -0.2) is 0 Å². The minimum atomic E-state index is -0.624. The first kappa shape index (κ1) is 45.7. The Morgan fingerprint density at radius 3 is 1.09 bits per heavy atom. The smallest absolute Gasteiger partial charge is 0.233 e. The van der Waals surface area contributed by atoms with Crippen molar-refractivity contribution in [1.29, 1.82) is 0 Å². The van der Waals surface area contributed by atoms with Gasteiger partial charge in [-0.2, -0.15) is 0 Å². The fraction of sp³-hybridized carbons (Fsp3) is 0.436. The number of allylic oxidation sites excluding steroid dienone is 4. The lowest BCUT2D eigenvalue weighted by atomic mass is 10.2. The molecule has 0 fully saturated rings. The lowest BCUT2D eigenvalue weighted by Crippen LogP contribution is -2.22. The average molecular weight is 775 g/mol. The van der Waals surface area contributed by atoms with Crippen LogP contribution in [0.3, 0.4) is 0 Å². The number of anilines is 2. The number of amides is 2. The first-order chi connectivity index (χ1) is 26.4. The van der Waals surface area contributed by atoms with E-state index in [2.05, 4.69) is 36.9 Å². The largest absolute Gasteiger partial charge is 0.491 e. The summed E-state index contributed by atoms with van der Waals surface area (Å²) in [4.78, 5) is 26.4. The van der Waals surface area contributed by atoms with Crippen molar-refractivity contribution in [1.82, 2.24) is 0 Å². The predicted molar refractivity (Wildman–Crippen MR) is 204 cm³/mol.